The predicted octanol–water partition coefficient (Wildman–Crippen LogP) is 2.81. The molecule has 1 amide bonds. The Morgan fingerprint density at radius 1 is 1.09 bits per heavy atom. The fourth-order valence-electron chi connectivity index (χ4n) is 3.92. The SMILES string of the molecule is Cc1cc(C)n(-c2cc(NC(=O)CCN3CCCN(C)CC3)nc(-c3ccc(C)o3)n2)n1. The third-order valence-electron chi connectivity index (χ3n) is 5.63. The Morgan fingerprint density at radius 2 is 1.94 bits per heavy atom. The van der Waals surface area contributed by atoms with Gasteiger partial charge in [-0.1, -0.05) is 0 Å². The van der Waals surface area contributed by atoms with Crippen molar-refractivity contribution in [1.82, 2.24) is 29.5 Å². The van der Waals surface area contributed by atoms with Gasteiger partial charge in [0, 0.05) is 37.8 Å². The number of carbonyl (C=O) groups excluding carboxylic acids is 1. The van der Waals surface area contributed by atoms with Gasteiger partial charge < -0.3 is 19.5 Å². The van der Waals surface area contributed by atoms with Gasteiger partial charge in [0.05, 0.1) is 5.69 Å². The molecule has 3 aromatic rings. The number of aryl methyl sites for hydroxylation is 3. The molecule has 1 fully saturated rings. The molecular formula is C23H31N7O2. The minimum absolute atomic E-state index is 0.0674. The van der Waals surface area contributed by atoms with E-state index in [1.54, 1.807) is 10.7 Å². The summed E-state index contributed by atoms with van der Waals surface area (Å²) in [5, 5.41) is 7.48. The van der Waals surface area contributed by atoms with Gasteiger partial charge in [-0.15, -0.1) is 0 Å². The molecule has 0 aliphatic carbocycles. The number of aromatic nitrogens is 4. The molecule has 4 heterocycles. The topological polar surface area (TPSA) is 92.3 Å². The minimum Gasteiger partial charge on any atom is -0.458 e. The predicted molar refractivity (Wildman–Crippen MR) is 123 cm³/mol. The normalized spacial score (nSPS) is 15.6. The van der Waals surface area contributed by atoms with Crippen LogP contribution in [-0.2, 0) is 4.79 Å². The van der Waals surface area contributed by atoms with Gasteiger partial charge in [0.15, 0.2) is 17.4 Å². The highest BCUT2D eigenvalue weighted by Crippen LogP contribution is 2.23. The van der Waals surface area contributed by atoms with Crippen LogP contribution in [0, 0.1) is 20.8 Å². The van der Waals surface area contributed by atoms with Crippen LogP contribution in [0.2, 0.25) is 0 Å². The molecule has 0 bridgehead atoms. The van der Waals surface area contributed by atoms with E-state index in [4.69, 9.17) is 4.42 Å². The number of amides is 1. The van der Waals surface area contributed by atoms with Crippen molar-refractivity contribution in [1.29, 1.82) is 0 Å². The molecule has 0 spiro atoms. The fraction of sp³-hybridized carbons (Fsp3) is 0.478. The molecule has 1 aliphatic heterocycles. The lowest BCUT2D eigenvalue weighted by Crippen LogP contribution is -2.31. The van der Waals surface area contributed by atoms with Crippen molar-refractivity contribution >= 4 is 11.7 Å². The molecule has 3 aromatic heterocycles. The largest absolute Gasteiger partial charge is 0.458 e. The van der Waals surface area contributed by atoms with Crippen LogP contribution in [0.25, 0.3) is 17.4 Å². The molecule has 32 heavy (non-hydrogen) atoms. The number of nitrogens with one attached hydrogen (secondary N) is 1. The van der Waals surface area contributed by atoms with Crippen molar-refractivity contribution in [3.05, 3.63) is 41.4 Å². The molecule has 0 radical (unpaired) electrons. The summed E-state index contributed by atoms with van der Waals surface area (Å²) in [4.78, 5) is 26.6. The summed E-state index contributed by atoms with van der Waals surface area (Å²) < 4.78 is 7.47. The molecule has 4 rings (SSSR count). The van der Waals surface area contributed by atoms with Crippen molar-refractivity contribution < 1.29 is 9.21 Å². The quantitative estimate of drug-likeness (QED) is 0.634. The summed E-state index contributed by atoms with van der Waals surface area (Å²) in [6, 6.07) is 7.43. The van der Waals surface area contributed by atoms with E-state index in [-0.39, 0.29) is 5.91 Å². The molecule has 1 aliphatic rings. The van der Waals surface area contributed by atoms with Crippen molar-refractivity contribution in [2.24, 2.45) is 0 Å². The third-order valence-corrected chi connectivity index (χ3v) is 5.63. The maximum atomic E-state index is 12.7. The van der Waals surface area contributed by atoms with Crippen LogP contribution in [-0.4, -0.2) is 75.2 Å². The fourth-order valence-corrected chi connectivity index (χ4v) is 3.92. The van der Waals surface area contributed by atoms with Gasteiger partial charge in [-0.2, -0.15) is 5.10 Å². The molecule has 0 saturated carbocycles. The smallest absolute Gasteiger partial charge is 0.226 e. The number of furan rings is 1. The van der Waals surface area contributed by atoms with Crippen LogP contribution < -0.4 is 5.32 Å². The van der Waals surface area contributed by atoms with Crippen LogP contribution in [0.3, 0.4) is 0 Å². The second-order valence-electron chi connectivity index (χ2n) is 8.48. The highest BCUT2D eigenvalue weighted by molar-refractivity contribution is 5.90. The van der Waals surface area contributed by atoms with Crippen molar-refractivity contribution in [3.63, 3.8) is 0 Å². The molecule has 170 valence electrons. The molecule has 1 N–H and O–H groups in total. The van der Waals surface area contributed by atoms with Gasteiger partial charge in [-0.25, -0.2) is 14.6 Å². The Labute approximate surface area is 188 Å². The highest BCUT2D eigenvalue weighted by Gasteiger charge is 2.17. The summed E-state index contributed by atoms with van der Waals surface area (Å²) in [7, 11) is 2.14. The van der Waals surface area contributed by atoms with Crippen LogP contribution in [0.4, 0.5) is 5.82 Å². The molecule has 0 aromatic carbocycles. The Hall–Kier alpha value is -3.04. The van der Waals surface area contributed by atoms with E-state index in [2.05, 4.69) is 37.2 Å². The van der Waals surface area contributed by atoms with E-state index < -0.39 is 0 Å². The molecule has 0 atom stereocenters. The van der Waals surface area contributed by atoms with Crippen LogP contribution in [0.15, 0.2) is 28.7 Å². The number of hydrogen-bond acceptors (Lipinski definition) is 7. The summed E-state index contributed by atoms with van der Waals surface area (Å²) in [6.45, 7) is 10.7. The first kappa shape index (κ1) is 22.2. The summed E-state index contributed by atoms with van der Waals surface area (Å²) in [5.41, 5.74) is 1.84. The van der Waals surface area contributed by atoms with E-state index in [1.807, 2.05) is 39.0 Å². The number of hydrogen-bond donors (Lipinski definition) is 1. The summed E-state index contributed by atoms with van der Waals surface area (Å²) in [6.07, 6.45) is 1.54. The van der Waals surface area contributed by atoms with Gasteiger partial charge in [-0.3, -0.25) is 4.79 Å². The van der Waals surface area contributed by atoms with Gasteiger partial charge in [0.1, 0.15) is 11.6 Å². The number of anilines is 1. The minimum atomic E-state index is -0.0674. The second-order valence-corrected chi connectivity index (χ2v) is 8.48. The Kier molecular flexibility index (Phi) is 6.66. The zero-order valence-electron chi connectivity index (χ0n) is 19.3. The lowest BCUT2D eigenvalue weighted by atomic mass is 10.3. The molecule has 1 saturated heterocycles. The Balaban J connectivity index is 1.52. The first-order valence-electron chi connectivity index (χ1n) is 11.1. The standard InChI is InChI=1S/C23H31N7O2/c1-16-14-17(2)30(27-16)21-15-20(25-23(26-21)19-7-6-18(3)32-19)24-22(31)8-11-29-10-5-9-28(4)12-13-29/h6-7,14-15H,5,8-13H2,1-4H3,(H,24,25,26,31). The number of likely N-dealkylation sites (N-methyl/N-ethyl adjacent to an activating group) is 1. The Morgan fingerprint density at radius 3 is 2.66 bits per heavy atom. The zero-order valence-corrected chi connectivity index (χ0v) is 19.3. The molecule has 9 nitrogen and oxygen atoms in total. The van der Waals surface area contributed by atoms with Gasteiger partial charge >= 0.3 is 0 Å². The van der Waals surface area contributed by atoms with Gasteiger partial charge in [0.25, 0.3) is 0 Å². The van der Waals surface area contributed by atoms with Crippen LogP contribution >= 0.6 is 0 Å². The monoisotopic (exact) mass is 437 g/mol. The first-order valence-corrected chi connectivity index (χ1v) is 11.1. The number of rotatable bonds is 6. The van der Waals surface area contributed by atoms with Crippen molar-refractivity contribution in [3.8, 4) is 17.4 Å². The van der Waals surface area contributed by atoms with E-state index in [0.717, 1.165) is 56.3 Å². The van der Waals surface area contributed by atoms with E-state index >= 15 is 0 Å². The van der Waals surface area contributed by atoms with Crippen molar-refractivity contribution in [2.45, 2.75) is 33.6 Å². The lowest BCUT2D eigenvalue weighted by molar-refractivity contribution is -0.116. The average Bonchev–Trinajstić information content (AvgIpc) is 3.26. The maximum Gasteiger partial charge on any atom is 0.226 e. The van der Waals surface area contributed by atoms with Gasteiger partial charge in [-0.05, 0) is 65.5 Å². The van der Waals surface area contributed by atoms with Gasteiger partial charge in [0.2, 0.25) is 5.91 Å². The molecule has 0 unspecified atom stereocenters. The number of nitrogens with zero attached hydrogens (tertiary/aromatic N) is 6. The second kappa shape index (κ2) is 9.62. The highest BCUT2D eigenvalue weighted by atomic mass is 16.3. The van der Waals surface area contributed by atoms with E-state index in [9.17, 15) is 4.79 Å². The molecule has 9 heteroatoms. The average molecular weight is 438 g/mol. The maximum absolute atomic E-state index is 12.7. The Bertz CT molecular complexity index is 1090. The van der Waals surface area contributed by atoms with E-state index in [1.165, 1.54) is 0 Å². The van der Waals surface area contributed by atoms with Crippen molar-refractivity contribution in [2.75, 3.05) is 45.1 Å². The third kappa shape index (κ3) is 5.41. The van der Waals surface area contributed by atoms with E-state index in [0.29, 0.717) is 29.6 Å². The zero-order chi connectivity index (χ0) is 22.7. The van der Waals surface area contributed by atoms with Crippen LogP contribution in [0.5, 0.6) is 0 Å². The van der Waals surface area contributed by atoms with Crippen LogP contribution in [0.1, 0.15) is 30.0 Å². The number of carbonyl (C=O) groups is 1. The first-order chi connectivity index (χ1) is 15.4. The summed E-state index contributed by atoms with van der Waals surface area (Å²) >= 11 is 0. The lowest BCUT2D eigenvalue weighted by Gasteiger charge is -2.19. The molecular weight excluding hydrogens is 406 g/mol. The summed E-state index contributed by atoms with van der Waals surface area (Å²) in [5.74, 6) is 2.69.